The van der Waals surface area contributed by atoms with Gasteiger partial charge in [0.25, 0.3) is 5.91 Å². The van der Waals surface area contributed by atoms with E-state index in [1.807, 2.05) is 30.3 Å². The highest BCUT2D eigenvalue weighted by atomic mass is 16.3. The summed E-state index contributed by atoms with van der Waals surface area (Å²) in [4.78, 5) is 30.5. The average Bonchev–Trinajstić information content (AvgIpc) is 2.97. The van der Waals surface area contributed by atoms with Crippen LogP contribution in [-0.4, -0.2) is 41.5 Å². The first-order valence-corrected chi connectivity index (χ1v) is 11.6. The standard InChI is InChI=1S/C27H34N2O3/c1-19-13-15-28(16-14-19)18-29-23-8-6-5-7-22(23)27(32,25(29)31)17-24(30)20-9-11-21(12-10-20)26(2,3)4/h5-12,19,32H,13-18H2,1-4H3. The number of amides is 1. The lowest BCUT2D eigenvalue weighted by Gasteiger charge is -2.34. The van der Waals surface area contributed by atoms with Gasteiger partial charge in [-0.1, -0.05) is 70.2 Å². The molecule has 2 aliphatic heterocycles. The van der Waals surface area contributed by atoms with Crippen LogP contribution in [0.15, 0.2) is 48.5 Å². The molecule has 5 heteroatoms. The zero-order valence-electron chi connectivity index (χ0n) is 19.6. The van der Waals surface area contributed by atoms with E-state index < -0.39 is 11.5 Å². The van der Waals surface area contributed by atoms with Gasteiger partial charge in [-0.15, -0.1) is 0 Å². The predicted octanol–water partition coefficient (Wildman–Crippen LogP) is 4.48. The van der Waals surface area contributed by atoms with E-state index in [2.05, 4.69) is 32.6 Å². The number of hydrogen-bond donors (Lipinski definition) is 1. The highest BCUT2D eigenvalue weighted by Gasteiger charge is 2.51. The number of para-hydroxylation sites is 1. The fourth-order valence-electron chi connectivity index (χ4n) is 4.71. The third-order valence-electron chi connectivity index (χ3n) is 6.95. The van der Waals surface area contributed by atoms with Gasteiger partial charge in [-0.2, -0.15) is 0 Å². The molecule has 0 spiro atoms. The van der Waals surface area contributed by atoms with Gasteiger partial charge in [-0.3, -0.25) is 19.4 Å². The van der Waals surface area contributed by atoms with E-state index in [-0.39, 0.29) is 17.6 Å². The van der Waals surface area contributed by atoms with E-state index in [0.717, 1.165) is 31.5 Å². The van der Waals surface area contributed by atoms with Gasteiger partial charge in [-0.25, -0.2) is 0 Å². The van der Waals surface area contributed by atoms with Crippen molar-refractivity contribution in [2.45, 2.75) is 58.0 Å². The van der Waals surface area contributed by atoms with Crippen molar-refractivity contribution in [3.8, 4) is 0 Å². The summed E-state index contributed by atoms with van der Waals surface area (Å²) in [6.45, 7) is 10.9. The van der Waals surface area contributed by atoms with Gasteiger partial charge in [0.1, 0.15) is 0 Å². The van der Waals surface area contributed by atoms with Crippen molar-refractivity contribution in [2.75, 3.05) is 24.7 Å². The molecule has 1 N–H and O–H groups in total. The minimum Gasteiger partial charge on any atom is -0.375 e. The van der Waals surface area contributed by atoms with Gasteiger partial charge in [0.2, 0.25) is 0 Å². The molecule has 1 fully saturated rings. The molecule has 170 valence electrons. The molecule has 1 unspecified atom stereocenters. The molecule has 1 amide bonds. The van der Waals surface area contributed by atoms with Gasteiger partial charge >= 0.3 is 0 Å². The summed E-state index contributed by atoms with van der Waals surface area (Å²) in [7, 11) is 0. The zero-order valence-corrected chi connectivity index (χ0v) is 19.6. The Labute approximate surface area is 191 Å². The minimum absolute atomic E-state index is 0.00706. The number of likely N-dealkylation sites (tertiary alicyclic amines) is 1. The van der Waals surface area contributed by atoms with Gasteiger partial charge in [0.15, 0.2) is 11.4 Å². The Bertz CT molecular complexity index is 1000. The first-order valence-electron chi connectivity index (χ1n) is 11.6. The fourth-order valence-corrected chi connectivity index (χ4v) is 4.71. The maximum atomic E-state index is 13.5. The first kappa shape index (κ1) is 22.7. The van der Waals surface area contributed by atoms with Gasteiger partial charge in [0.05, 0.1) is 18.8 Å². The Hall–Kier alpha value is -2.50. The first-order chi connectivity index (χ1) is 15.1. The number of carbonyl (C=O) groups excluding carboxylic acids is 2. The number of benzene rings is 2. The third-order valence-corrected chi connectivity index (χ3v) is 6.95. The summed E-state index contributed by atoms with van der Waals surface area (Å²) >= 11 is 0. The zero-order chi connectivity index (χ0) is 23.1. The van der Waals surface area contributed by atoms with Crippen LogP contribution in [0.4, 0.5) is 5.69 Å². The quantitative estimate of drug-likeness (QED) is 0.705. The molecule has 0 aliphatic carbocycles. The number of piperidine rings is 1. The summed E-state index contributed by atoms with van der Waals surface area (Å²) < 4.78 is 0. The molecule has 0 bridgehead atoms. The van der Waals surface area contributed by atoms with Crippen molar-refractivity contribution < 1.29 is 14.7 Å². The molecule has 2 aromatic rings. The Morgan fingerprint density at radius 2 is 1.69 bits per heavy atom. The summed E-state index contributed by atoms with van der Waals surface area (Å²) in [6, 6.07) is 14.8. The van der Waals surface area contributed by atoms with Crippen molar-refractivity contribution >= 4 is 17.4 Å². The van der Waals surface area contributed by atoms with Crippen LogP contribution in [-0.2, 0) is 15.8 Å². The summed E-state index contributed by atoms with van der Waals surface area (Å²) in [5.74, 6) is 0.0637. The lowest BCUT2D eigenvalue weighted by Crippen LogP contribution is -2.48. The van der Waals surface area contributed by atoms with E-state index in [4.69, 9.17) is 0 Å². The highest BCUT2D eigenvalue weighted by Crippen LogP contribution is 2.43. The van der Waals surface area contributed by atoms with Gasteiger partial charge in [-0.05, 0) is 35.8 Å². The molecule has 32 heavy (non-hydrogen) atoms. The molecule has 5 nitrogen and oxygen atoms in total. The number of fused-ring (bicyclic) bond motifs is 1. The van der Waals surface area contributed by atoms with Gasteiger partial charge in [0, 0.05) is 24.2 Å². The predicted molar refractivity (Wildman–Crippen MR) is 127 cm³/mol. The van der Waals surface area contributed by atoms with Crippen LogP contribution in [0, 0.1) is 5.92 Å². The number of ketones is 1. The summed E-state index contributed by atoms with van der Waals surface area (Å²) in [6.07, 6.45) is 1.96. The van der Waals surface area contributed by atoms with E-state index in [1.165, 1.54) is 0 Å². The van der Waals surface area contributed by atoms with Crippen LogP contribution >= 0.6 is 0 Å². The lowest BCUT2D eigenvalue weighted by molar-refractivity contribution is -0.136. The second-order valence-corrected chi connectivity index (χ2v) is 10.5. The van der Waals surface area contributed by atoms with Crippen molar-refractivity contribution in [3.05, 3.63) is 65.2 Å². The van der Waals surface area contributed by atoms with E-state index in [9.17, 15) is 14.7 Å². The smallest absolute Gasteiger partial charge is 0.265 e. The third kappa shape index (κ3) is 4.24. The van der Waals surface area contributed by atoms with E-state index in [1.54, 1.807) is 23.1 Å². The van der Waals surface area contributed by atoms with Crippen LogP contribution in [0.5, 0.6) is 0 Å². The fraction of sp³-hybridized carbons (Fsp3) is 0.481. The molecule has 0 radical (unpaired) electrons. The topological polar surface area (TPSA) is 60.9 Å². The lowest BCUT2D eigenvalue weighted by atomic mass is 9.85. The molecule has 4 rings (SSSR count). The van der Waals surface area contributed by atoms with Crippen molar-refractivity contribution in [3.63, 3.8) is 0 Å². The monoisotopic (exact) mass is 434 g/mol. The minimum atomic E-state index is -1.83. The Kier molecular flexibility index (Phi) is 5.99. The highest BCUT2D eigenvalue weighted by molar-refractivity contribution is 6.10. The summed E-state index contributed by atoms with van der Waals surface area (Å²) in [5.41, 5.74) is 1.04. The van der Waals surface area contributed by atoms with Crippen molar-refractivity contribution in [1.82, 2.24) is 4.90 Å². The number of nitrogens with zero attached hydrogens (tertiary/aromatic N) is 2. The number of Topliss-reactive ketones (excluding diaryl/α,β-unsaturated/α-hetero) is 1. The van der Waals surface area contributed by atoms with Crippen LogP contribution in [0.3, 0.4) is 0 Å². The molecule has 0 saturated carbocycles. The normalized spacial score (nSPS) is 22.3. The average molecular weight is 435 g/mol. The summed E-state index contributed by atoms with van der Waals surface area (Å²) in [5, 5.41) is 11.5. The van der Waals surface area contributed by atoms with E-state index >= 15 is 0 Å². The number of aliphatic hydroxyl groups is 1. The SMILES string of the molecule is CC1CCN(CN2C(=O)C(O)(CC(=O)c3ccc(C(C)(C)C)cc3)c3ccccc32)CC1. The molecular formula is C27H34N2O3. The molecule has 2 aromatic carbocycles. The maximum Gasteiger partial charge on any atom is 0.265 e. The number of rotatable bonds is 5. The largest absolute Gasteiger partial charge is 0.375 e. The van der Waals surface area contributed by atoms with Crippen LogP contribution in [0.2, 0.25) is 0 Å². The number of anilines is 1. The number of carbonyl (C=O) groups is 2. The van der Waals surface area contributed by atoms with Crippen LogP contribution in [0.25, 0.3) is 0 Å². The molecular weight excluding hydrogens is 400 g/mol. The molecule has 0 aromatic heterocycles. The van der Waals surface area contributed by atoms with E-state index in [0.29, 0.717) is 29.4 Å². The Morgan fingerprint density at radius 1 is 1.06 bits per heavy atom. The molecule has 1 saturated heterocycles. The molecule has 2 heterocycles. The number of hydrogen-bond acceptors (Lipinski definition) is 4. The maximum absolute atomic E-state index is 13.5. The molecule has 1 atom stereocenters. The van der Waals surface area contributed by atoms with Crippen molar-refractivity contribution in [1.29, 1.82) is 0 Å². The second kappa shape index (κ2) is 8.45. The van der Waals surface area contributed by atoms with Crippen molar-refractivity contribution in [2.24, 2.45) is 5.92 Å². The van der Waals surface area contributed by atoms with Crippen LogP contribution in [0.1, 0.15) is 68.4 Å². The second-order valence-electron chi connectivity index (χ2n) is 10.5. The van der Waals surface area contributed by atoms with Crippen LogP contribution < -0.4 is 4.90 Å². The Morgan fingerprint density at radius 3 is 2.31 bits per heavy atom. The van der Waals surface area contributed by atoms with Gasteiger partial charge < -0.3 is 5.11 Å². The Balaban J connectivity index is 1.56. The molecule has 2 aliphatic rings.